The van der Waals surface area contributed by atoms with Crippen molar-refractivity contribution in [3.8, 4) is 0 Å². The number of rotatable bonds is 1. The Balaban J connectivity index is 1.80. The Morgan fingerprint density at radius 3 is 3.00 bits per heavy atom. The van der Waals surface area contributed by atoms with Crippen LogP contribution in [0.2, 0.25) is 0 Å². The predicted octanol–water partition coefficient (Wildman–Crippen LogP) is 0.578. The normalized spacial score (nSPS) is 25.9. The van der Waals surface area contributed by atoms with Crippen molar-refractivity contribution < 1.29 is 9.53 Å². The Kier molecular flexibility index (Phi) is 3.45. The zero-order valence-electron chi connectivity index (χ0n) is 12.1. The van der Waals surface area contributed by atoms with Gasteiger partial charge in [-0.25, -0.2) is 4.68 Å². The summed E-state index contributed by atoms with van der Waals surface area (Å²) in [5, 5.41) is 11.8. The summed E-state index contributed by atoms with van der Waals surface area (Å²) < 4.78 is 7.45. The number of nitrogens with zero attached hydrogens (tertiary/aromatic N) is 5. The maximum Gasteiger partial charge on any atom is 0.233 e. The van der Waals surface area contributed by atoms with Gasteiger partial charge in [0.15, 0.2) is 5.82 Å². The topological polar surface area (TPSA) is 73.1 Å². The first-order valence-corrected chi connectivity index (χ1v) is 7.26. The second-order valence-corrected chi connectivity index (χ2v) is 6.18. The molecular weight excluding hydrogens is 258 g/mol. The van der Waals surface area contributed by atoms with Crippen LogP contribution in [0.1, 0.15) is 44.9 Å². The Morgan fingerprint density at radius 2 is 2.20 bits per heavy atom. The standard InChI is InChI=1S/C13H21N5O2/c1-13(2)9-17(7-8-20-13)12(19)10-5-3-4-6-18-11(10)14-15-16-18/h10H,3-9H2,1-2H3/t10-/m0/s1. The first kappa shape index (κ1) is 13.5. The van der Waals surface area contributed by atoms with Gasteiger partial charge in [-0.2, -0.15) is 0 Å². The Bertz CT molecular complexity index is 499. The molecule has 1 saturated heterocycles. The molecule has 3 heterocycles. The summed E-state index contributed by atoms with van der Waals surface area (Å²) >= 11 is 0. The first-order valence-electron chi connectivity index (χ1n) is 7.26. The molecule has 1 amide bonds. The Hall–Kier alpha value is -1.50. The Morgan fingerprint density at radius 1 is 1.35 bits per heavy atom. The molecule has 2 aliphatic heterocycles. The summed E-state index contributed by atoms with van der Waals surface area (Å²) in [4.78, 5) is 14.7. The van der Waals surface area contributed by atoms with E-state index in [-0.39, 0.29) is 17.4 Å². The highest BCUT2D eigenvalue weighted by Gasteiger charge is 2.36. The molecule has 7 nitrogen and oxygen atoms in total. The van der Waals surface area contributed by atoms with Crippen molar-refractivity contribution in [3.63, 3.8) is 0 Å². The van der Waals surface area contributed by atoms with Gasteiger partial charge in [0.2, 0.25) is 5.91 Å². The molecule has 3 rings (SSSR count). The monoisotopic (exact) mass is 279 g/mol. The number of fused-ring (bicyclic) bond motifs is 1. The number of aryl methyl sites for hydroxylation is 1. The van der Waals surface area contributed by atoms with E-state index in [2.05, 4.69) is 15.5 Å². The molecular formula is C13H21N5O2. The molecule has 1 aromatic heterocycles. The van der Waals surface area contributed by atoms with Crippen LogP contribution in [-0.4, -0.2) is 56.3 Å². The van der Waals surface area contributed by atoms with E-state index in [0.29, 0.717) is 19.7 Å². The number of carbonyl (C=O) groups is 1. The van der Waals surface area contributed by atoms with Crippen molar-refractivity contribution >= 4 is 5.91 Å². The van der Waals surface area contributed by atoms with Gasteiger partial charge in [0.25, 0.3) is 0 Å². The van der Waals surface area contributed by atoms with Gasteiger partial charge in [-0.15, -0.1) is 5.10 Å². The van der Waals surface area contributed by atoms with Crippen LogP contribution in [-0.2, 0) is 16.1 Å². The van der Waals surface area contributed by atoms with Gasteiger partial charge in [0.1, 0.15) is 0 Å². The van der Waals surface area contributed by atoms with Crippen LogP contribution in [0, 0.1) is 0 Å². The number of morpholine rings is 1. The van der Waals surface area contributed by atoms with E-state index in [0.717, 1.165) is 31.6 Å². The third kappa shape index (κ3) is 2.54. The fourth-order valence-corrected chi connectivity index (χ4v) is 3.02. The lowest BCUT2D eigenvalue weighted by Crippen LogP contribution is -2.51. The molecule has 0 aliphatic carbocycles. The van der Waals surface area contributed by atoms with Crippen molar-refractivity contribution in [2.45, 2.75) is 51.2 Å². The largest absolute Gasteiger partial charge is 0.372 e. The number of aromatic nitrogens is 4. The van der Waals surface area contributed by atoms with Crippen molar-refractivity contribution in [2.24, 2.45) is 0 Å². The minimum atomic E-state index is -0.273. The molecule has 0 spiro atoms. The van der Waals surface area contributed by atoms with Crippen LogP contribution >= 0.6 is 0 Å². The lowest BCUT2D eigenvalue weighted by Gasteiger charge is -2.39. The SMILES string of the molecule is CC1(C)CN(C(=O)[C@H]2CCCCn3nnnc32)CCO1. The first-order chi connectivity index (χ1) is 9.57. The second kappa shape index (κ2) is 5.12. The number of amides is 1. The van der Waals surface area contributed by atoms with Crippen LogP contribution in [0.4, 0.5) is 0 Å². The van der Waals surface area contributed by atoms with E-state index in [1.807, 2.05) is 18.7 Å². The maximum absolute atomic E-state index is 12.8. The fourth-order valence-electron chi connectivity index (χ4n) is 3.02. The average Bonchev–Trinajstić information content (AvgIpc) is 2.77. The summed E-state index contributed by atoms with van der Waals surface area (Å²) in [6.07, 6.45) is 2.88. The average molecular weight is 279 g/mol. The number of ether oxygens (including phenoxy) is 1. The van der Waals surface area contributed by atoms with E-state index < -0.39 is 0 Å². The molecule has 1 fully saturated rings. The summed E-state index contributed by atoms with van der Waals surface area (Å²) in [5.74, 6) is 0.650. The maximum atomic E-state index is 12.8. The van der Waals surface area contributed by atoms with Crippen LogP contribution < -0.4 is 0 Å². The lowest BCUT2D eigenvalue weighted by molar-refractivity contribution is -0.147. The molecule has 20 heavy (non-hydrogen) atoms. The lowest BCUT2D eigenvalue weighted by atomic mass is 9.99. The predicted molar refractivity (Wildman–Crippen MR) is 71.0 cm³/mol. The molecule has 0 aromatic carbocycles. The van der Waals surface area contributed by atoms with Gasteiger partial charge in [0.05, 0.1) is 18.1 Å². The number of hydrogen-bond acceptors (Lipinski definition) is 5. The third-order valence-electron chi connectivity index (χ3n) is 4.02. The molecule has 0 unspecified atom stereocenters. The van der Waals surface area contributed by atoms with Crippen LogP contribution in [0.25, 0.3) is 0 Å². The highest BCUT2D eigenvalue weighted by molar-refractivity contribution is 5.83. The van der Waals surface area contributed by atoms with Crippen LogP contribution in [0.5, 0.6) is 0 Å². The highest BCUT2D eigenvalue weighted by Crippen LogP contribution is 2.28. The second-order valence-electron chi connectivity index (χ2n) is 6.18. The van der Waals surface area contributed by atoms with E-state index >= 15 is 0 Å². The molecule has 1 atom stereocenters. The number of tetrazole rings is 1. The summed E-state index contributed by atoms with van der Waals surface area (Å²) in [7, 11) is 0. The molecule has 110 valence electrons. The summed E-state index contributed by atoms with van der Waals surface area (Å²) in [6, 6.07) is 0. The van der Waals surface area contributed by atoms with E-state index in [9.17, 15) is 4.79 Å². The van der Waals surface area contributed by atoms with Crippen molar-refractivity contribution in [3.05, 3.63) is 5.82 Å². The van der Waals surface area contributed by atoms with Gasteiger partial charge >= 0.3 is 0 Å². The molecule has 0 bridgehead atoms. The zero-order chi connectivity index (χ0) is 14.2. The molecule has 0 saturated carbocycles. The minimum absolute atomic E-state index is 0.138. The fraction of sp³-hybridized carbons (Fsp3) is 0.846. The molecule has 7 heteroatoms. The molecule has 0 N–H and O–H groups in total. The van der Waals surface area contributed by atoms with Crippen LogP contribution in [0.15, 0.2) is 0 Å². The van der Waals surface area contributed by atoms with E-state index in [1.54, 1.807) is 4.68 Å². The summed E-state index contributed by atoms with van der Waals surface area (Å²) in [6.45, 7) is 6.72. The number of carbonyl (C=O) groups excluding carboxylic acids is 1. The van der Waals surface area contributed by atoms with Crippen molar-refractivity contribution in [1.29, 1.82) is 0 Å². The van der Waals surface area contributed by atoms with Crippen LogP contribution in [0.3, 0.4) is 0 Å². The van der Waals surface area contributed by atoms with Gasteiger partial charge in [-0.1, -0.05) is 6.42 Å². The molecule has 1 aromatic rings. The highest BCUT2D eigenvalue weighted by atomic mass is 16.5. The molecule has 2 aliphatic rings. The van der Waals surface area contributed by atoms with Gasteiger partial charge < -0.3 is 9.64 Å². The van der Waals surface area contributed by atoms with Gasteiger partial charge in [-0.05, 0) is 37.1 Å². The van der Waals surface area contributed by atoms with Crippen molar-refractivity contribution in [1.82, 2.24) is 25.1 Å². The quantitative estimate of drug-likeness (QED) is 0.752. The summed E-state index contributed by atoms with van der Waals surface area (Å²) in [5.41, 5.74) is -0.273. The number of hydrogen-bond donors (Lipinski definition) is 0. The van der Waals surface area contributed by atoms with Gasteiger partial charge in [0, 0.05) is 19.6 Å². The van der Waals surface area contributed by atoms with E-state index in [1.165, 1.54) is 0 Å². The van der Waals surface area contributed by atoms with E-state index in [4.69, 9.17) is 4.74 Å². The Labute approximate surface area is 118 Å². The van der Waals surface area contributed by atoms with Crippen molar-refractivity contribution in [2.75, 3.05) is 19.7 Å². The smallest absolute Gasteiger partial charge is 0.233 e. The minimum Gasteiger partial charge on any atom is -0.372 e. The third-order valence-corrected chi connectivity index (χ3v) is 4.02. The molecule has 0 radical (unpaired) electrons. The van der Waals surface area contributed by atoms with Gasteiger partial charge in [-0.3, -0.25) is 4.79 Å². The zero-order valence-corrected chi connectivity index (χ0v) is 12.1.